The van der Waals surface area contributed by atoms with Crippen molar-refractivity contribution in [3.8, 4) is 0 Å². The number of hydrogen-bond acceptors (Lipinski definition) is 2. The van der Waals surface area contributed by atoms with Crippen molar-refractivity contribution >= 4 is 27.0 Å². The van der Waals surface area contributed by atoms with Crippen LogP contribution in [0.4, 0.5) is 19.4 Å². The third-order valence-corrected chi connectivity index (χ3v) is 3.36. The highest BCUT2D eigenvalue weighted by molar-refractivity contribution is 8.45. The summed E-state index contributed by atoms with van der Waals surface area (Å²) in [5.41, 5.74) is 4.27. The molecule has 0 bridgehead atoms. The van der Waals surface area contributed by atoms with Crippen molar-refractivity contribution in [2.75, 3.05) is 0 Å². The topological polar surface area (TPSA) is 71.8 Å². The zero-order valence-corrected chi connectivity index (χ0v) is 9.28. The summed E-state index contributed by atoms with van der Waals surface area (Å²) in [6, 6.07) is 1.13. The fraction of sp³-hybridized carbons (Fsp3) is 0. The highest BCUT2D eigenvalue weighted by Crippen LogP contribution is 3.02. The van der Waals surface area contributed by atoms with E-state index in [1.54, 1.807) is 0 Å². The van der Waals surface area contributed by atoms with Gasteiger partial charge in [-0.25, -0.2) is 0 Å². The molecule has 10 heteroatoms. The van der Waals surface area contributed by atoms with Crippen molar-refractivity contribution in [1.29, 1.82) is 0 Å². The number of fused-ring (bicyclic) bond motifs is 1. The molecule has 0 atom stereocenters. The zero-order chi connectivity index (χ0) is 13.8. The van der Waals surface area contributed by atoms with E-state index in [2.05, 4.69) is 10.2 Å². The lowest BCUT2D eigenvalue weighted by Crippen LogP contribution is -2.11. The van der Waals surface area contributed by atoms with E-state index >= 15 is 0 Å². The molecule has 0 saturated carbocycles. The van der Waals surface area contributed by atoms with Gasteiger partial charge in [0.2, 0.25) is 0 Å². The minimum atomic E-state index is -9.74. The molecular weight excluding hydrogens is 281 g/mol. The fourth-order valence-electron chi connectivity index (χ4n) is 1.43. The van der Waals surface area contributed by atoms with Crippen LogP contribution in [0.1, 0.15) is 10.5 Å². The number of primary amides is 1. The first-order valence-corrected chi connectivity index (χ1v) is 6.35. The molecule has 0 saturated heterocycles. The molecular formula is C8H6F5N3OS. The smallest absolute Gasteiger partial charge is 0.310 e. The first-order chi connectivity index (χ1) is 7.88. The molecule has 0 radical (unpaired) electrons. The van der Waals surface area contributed by atoms with Gasteiger partial charge in [-0.1, -0.05) is 19.4 Å². The predicted molar refractivity (Wildman–Crippen MR) is 56.0 cm³/mol. The summed E-state index contributed by atoms with van der Waals surface area (Å²) in [6.07, 6.45) is 0. The summed E-state index contributed by atoms with van der Waals surface area (Å²) >= 11 is 0. The standard InChI is InChI=1S/C8H6F5N3OS/c9-18(10,11,12,13)4-1-2-5-6(3-4)15-16-7(5)8(14)17/h1-3H,(H2,14,17)(H,15,16). The molecule has 4 nitrogen and oxygen atoms in total. The Morgan fingerprint density at radius 3 is 2.33 bits per heavy atom. The Kier molecular flexibility index (Phi) is 1.94. The minimum absolute atomic E-state index is 0.0481. The van der Waals surface area contributed by atoms with Crippen LogP contribution < -0.4 is 5.73 Å². The molecule has 1 amide bonds. The number of halogens is 5. The van der Waals surface area contributed by atoms with Crippen molar-refractivity contribution in [2.45, 2.75) is 4.90 Å². The van der Waals surface area contributed by atoms with Crippen LogP contribution in [-0.4, -0.2) is 16.1 Å². The normalized spacial score (nSPS) is 16.3. The van der Waals surface area contributed by atoms with Gasteiger partial charge in [-0.2, -0.15) is 5.10 Å². The first-order valence-electron chi connectivity index (χ1n) is 4.40. The third-order valence-electron chi connectivity index (χ3n) is 2.21. The van der Waals surface area contributed by atoms with E-state index in [4.69, 9.17) is 5.73 Å². The highest BCUT2D eigenvalue weighted by Gasteiger charge is 2.65. The van der Waals surface area contributed by atoms with Crippen molar-refractivity contribution in [3.63, 3.8) is 0 Å². The van der Waals surface area contributed by atoms with E-state index in [1.165, 1.54) is 0 Å². The highest BCUT2D eigenvalue weighted by atomic mass is 32.5. The Bertz CT molecular complexity index is 662. The monoisotopic (exact) mass is 287 g/mol. The van der Waals surface area contributed by atoms with Crippen molar-refractivity contribution < 1.29 is 24.2 Å². The first kappa shape index (κ1) is 12.6. The summed E-state index contributed by atoms with van der Waals surface area (Å²) in [5, 5.41) is 5.37. The van der Waals surface area contributed by atoms with Gasteiger partial charge in [0.15, 0.2) is 5.69 Å². The number of benzene rings is 1. The number of aromatic nitrogens is 2. The van der Waals surface area contributed by atoms with Crippen LogP contribution in [0.25, 0.3) is 10.9 Å². The Morgan fingerprint density at radius 1 is 1.22 bits per heavy atom. The van der Waals surface area contributed by atoms with Gasteiger partial charge < -0.3 is 5.73 Å². The van der Waals surface area contributed by atoms with E-state index < -0.39 is 21.0 Å². The largest absolute Gasteiger partial charge is 0.364 e. The number of carbonyl (C=O) groups excluding carboxylic acids is 1. The molecule has 1 aromatic heterocycles. The van der Waals surface area contributed by atoms with Crippen LogP contribution in [0.5, 0.6) is 0 Å². The van der Waals surface area contributed by atoms with Gasteiger partial charge in [0.05, 0.1) is 5.52 Å². The van der Waals surface area contributed by atoms with Gasteiger partial charge in [-0.3, -0.25) is 9.89 Å². The zero-order valence-electron chi connectivity index (χ0n) is 8.46. The SMILES string of the molecule is NC(=O)c1n[nH]c2cc(S(F)(F)(F)(F)F)ccc12. The summed E-state index contributed by atoms with van der Waals surface area (Å²) in [4.78, 5) is 8.81. The van der Waals surface area contributed by atoms with E-state index in [1.807, 2.05) is 0 Å². The van der Waals surface area contributed by atoms with E-state index in [-0.39, 0.29) is 28.7 Å². The molecule has 0 fully saturated rings. The second-order valence-corrected chi connectivity index (χ2v) is 6.02. The summed E-state index contributed by atoms with van der Waals surface area (Å²) in [6.45, 7) is 0. The second kappa shape index (κ2) is 2.76. The number of hydrogen-bond donors (Lipinski definition) is 2. The van der Waals surface area contributed by atoms with Crippen molar-refractivity contribution in [1.82, 2.24) is 10.2 Å². The number of carbonyl (C=O) groups is 1. The summed E-state index contributed by atoms with van der Waals surface area (Å²) in [5.74, 6) is -0.971. The second-order valence-electron chi connectivity index (χ2n) is 3.61. The molecule has 2 rings (SSSR count). The molecule has 18 heavy (non-hydrogen) atoms. The maximum atomic E-state index is 12.5. The molecule has 1 aromatic carbocycles. The van der Waals surface area contributed by atoms with Crippen LogP contribution in [0.15, 0.2) is 23.1 Å². The molecule has 100 valence electrons. The maximum Gasteiger partial charge on any atom is 0.310 e. The molecule has 0 unspecified atom stereocenters. The van der Waals surface area contributed by atoms with E-state index in [0.29, 0.717) is 0 Å². The minimum Gasteiger partial charge on any atom is -0.364 e. The Balaban J connectivity index is 2.72. The number of H-pyrrole nitrogens is 1. The third kappa shape index (κ3) is 2.10. The predicted octanol–water partition coefficient (Wildman–Crippen LogP) is 3.32. The van der Waals surface area contributed by atoms with Crippen molar-refractivity contribution in [3.05, 3.63) is 23.9 Å². The molecule has 1 heterocycles. The van der Waals surface area contributed by atoms with E-state index in [9.17, 15) is 24.2 Å². The molecule has 0 aliphatic heterocycles. The van der Waals surface area contributed by atoms with Gasteiger partial charge in [-0.05, 0) is 18.2 Å². The number of nitrogens with one attached hydrogen (secondary N) is 1. The summed E-state index contributed by atoms with van der Waals surface area (Å²) < 4.78 is 62.6. The molecule has 2 aromatic rings. The lowest BCUT2D eigenvalue weighted by Gasteiger charge is -2.40. The Morgan fingerprint density at radius 2 is 1.83 bits per heavy atom. The van der Waals surface area contributed by atoms with Gasteiger partial charge in [0.1, 0.15) is 4.90 Å². The van der Waals surface area contributed by atoms with Crippen LogP contribution in [0.2, 0.25) is 0 Å². The molecule has 0 aliphatic carbocycles. The maximum absolute atomic E-state index is 12.5. The van der Waals surface area contributed by atoms with Gasteiger partial charge in [-0.15, -0.1) is 0 Å². The van der Waals surface area contributed by atoms with Crippen LogP contribution >= 0.6 is 10.2 Å². The fourth-order valence-corrected chi connectivity index (χ4v) is 2.09. The van der Waals surface area contributed by atoms with Crippen molar-refractivity contribution in [2.24, 2.45) is 5.73 Å². The number of amides is 1. The lowest BCUT2D eigenvalue weighted by atomic mass is 10.2. The van der Waals surface area contributed by atoms with Gasteiger partial charge >= 0.3 is 10.2 Å². The number of rotatable bonds is 2. The van der Waals surface area contributed by atoms with Crippen LogP contribution in [0, 0.1) is 0 Å². The van der Waals surface area contributed by atoms with Gasteiger partial charge in [0.25, 0.3) is 5.91 Å². The average Bonchev–Trinajstić information content (AvgIpc) is 2.55. The molecule has 0 spiro atoms. The average molecular weight is 287 g/mol. The Hall–Kier alpha value is -1.84. The quantitative estimate of drug-likeness (QED) is 0.832. The molecule has 0 aliphatic rings. The van der Waals surface area contributed by atoms with E-state index in [0.717, 1.165) is 6.07 Å². The van der Waals surface area contributed by atoms with Gasteiger partial charge in [0, 0.05) is 5.39 Å². The Labute approximate surface area is 96.7 Å². The number of nitrogens with two attached hydrogens (primary N) is 1. The van der Waals surface area contributed by atoms with Crippen LogP contribution in [0.3, 0.4) is 0 Å². The molecule has 3 N–H and O–H groups in total. The van der Waals surface area contributed by atoms with Crippen LogP contribution in [-0.2, 0) is 0 Å². The lowest BCUT2D eigenvalue weighted by molar-refractivity contribution is 0.0997. The number of aromatic amines is 1. The summed E-state index contributed by atoms with van der Waals surface area (Å²) in [7, 11) is -9.74. The number of nitrogens with zero attached hydrogens (tertiary/aromatic N) is 1.